The highest BCUT2D eigenvalue weighted by molar-refractivity contribution is 5.96. The zero-order valence-electron chi connectivity index (χ0n) is 27.2. The van der Waals surface area contributed by atoms with Gasteiger partial charge in [0, 0.05) is 18.5 Å². The molecule has 3 aliphatic heterocycles. The van der Waals surface area contributed by atoms with Crippen LogP contribution < -0.4 is 14.2 Å². The molecule has 242 valence electrons. The first-order valence-electron chi connectivity index (χ1n) is 15.5. The number of amides is 3. The van der Waals surface area contributed by atoms with E-state index in [-0.39, 0.29) is 31.3 Å². The molecule has 3 aliphatic rings. The molecule has 2 aromatic carbocycles. The third kappa shape index (κ3) is 6.89. The molecule has 2 aromatic rings. The van der Waals surface area contributed by atoms with Crippen LogP contribution >= 0.6 is 0 Å². The van der Waals surface area contributed by atoms with Gasteiger partial charge < -0.3 is 28.6 Å². The van der Waals surface area contributed by atoms with Gasteiger partial charge in [0.25, 0.3) is 0 Å². The molecule has 2 fully saturated rings. The van der Waals surface area contributed by atoms with Crippen LogP contribution in [0.2, 0.25) is 0 Å². The quantitative estimate of drug-likeness (QED) is 0.316. The van der Waals surface area contributed by atoms with E-state index in [2.05, 4.69) is 19.9 Å². The fourth-order valence-corrected chi connectivity index (χ4v) is 6.69. The van der Waals surface area contributed by atoms with Crippen molar-refractivity contribution in [2.24, 2.45) is 11.3 Å². The molecule has 3 heterocycles. The summed E-state index contributed by atoms with van der Waals surface area (Å²) in [5.41, 5.74) is 0.596. The number of carbonyl (C=O) groups is 3. The first-order valence-corrected chi connectivity index (χ1v) is 15.5. The molecule has 4 atom stereocenters. The number of carbonyl (C=O) groups excluding carboxylic acids is 3. The summed E-state index contributed by atoms with van der Waals surface area (Å²) >= 11 is 0. The average Bonchev–Trinajstić information content (AvgIpc) is 3.68. The van der Waals surface area contributed by atoms with E-state index < -0.39 is 41.7 Å². The minimum atomic E-state index is -0.795. The van der Waals surface area contributed by atoms with E-state index in [0.29, 0.717) is 30.1 Å². The summed E-state index contributed by atoms with van der Waals surface area (Å²) in [7, 11) is 1.54. The highest BCUT2D eigenvalue weighted by Gasteiger charge is 2.54. The number of hydrogen-bond acceptors (Lipinski definition) is 8. The second kappa shape index (κ2) is 12.7. The fraction of sp³-hybridized carbons (Fsp3) is 0.514. The van der Waals surface area contributed by atoms with Crippen LogP contribution in [0.1, 0.15) is 65.0 Å². The van der Waals surface area contributed by atoms with Gasteiger partial charge in [-0.3, -0.25) is 4.79 Å². The van der Waals surface area contributed by atoms with Crippen LogP contribution in [0.15, 0.2) is 54.6 Å². The van der Waals surface area contributed by atoms with E-state index in [9.17, 15) is 14.4 Å². The van der Waals surface area contributed by atoms with Crippen molar-refractivity contribution in [3.05, 3.63) is 65.7 Å². The number of methoxy groups -OCH3 is 1. The van der Waals surface area contributed by atoms with Gasteiger partial charge in [0.2, 0.25) is 18.4 Å². The van der Waals surface area contributed by atoms with Crippen LogP contribution in [0.5, 0.6) is 17.2 Å². The number of rotatable bonds is 8. The monoisotopic (exact) mass is 620 g/mol. The average molecular weight is 621 g/mol. The maximum atomic E-state index is 14.9. The van der Waals surface area contributed by atoms with E-state index in [1.54, 1.807) is 12.0 Å². The highest BCUT2D eigenvalue weighted by atomic mass is 16.7. The lowest BCUT2D eigenvalue weighted by molar-refractivity contribution is -0.134. The molecular weight excluding hydrogens is 576 g/mol. The number of benzene rings is 2. The molecule has 0 spiro atoms. The summed E-state index contributed by atoms with van der Waals surface area (Å²) in [5.74, 6) is -0.230. The first-order chi connectivity index (χ1) is 21.3. The molecule has 0 radical (unpaired) electrons. The van der Waals surface area contributed by atoms with Crippen molar-refractivity contribution in [3.8, 4) is 17.2 Å². The number of nitrogens with zero attached hydrogens (tertiary/aromatic N) is 2. The zero-order chi connectivity index (χ0) is 32.5. The Morgan fingerprint density at radius 2 is 1.78 bits per heavy atom. The second-order valence-corrected chi connectivity index (χ2v) is 13.6. The summed E-state index contributed by atoms with van der Waals surface area (Å²) in [6.07, 6.45) is 3.76. The van der Waals surface area contributed by atoms with Gasteiger partial charge in [0.1, 0.15) is 12.2 Å². The van der Waals surface area contributed by atoms with E-state index in [1.807, 2.05) is 76.2 Å². The Balaban J connectivity index is 1.61. The topological polar surface area (TPSA) is 104 Å². The second-order valence-electron chi connectivity index (χ2n) is 13.6. The lowest BCUT2D eigenvalue weighted by Gasteiger charge is -2.35. The van der Waals surface area contributed by atoms with Gasteiger partial charge in [-0.05, 0) is 69.2 Å². The van der Waals surface area contributed by atoms with Gasteiger partial charge in [0.05, 0.1) is 19.1 Å². The van der Waals surface area contributed by atoms with Crippen molar-refractivity contribution in [3.63, 3.8) is 0 Å². The molecule has 0 N–H and O–H groups in total. The van der Waals surface area contributed by atoms with Gasteiger partial charge in [-0.25, -0.2) is 14.5 Å². The standard InChI is InChI=1S/C35H44N2O8/c1-8-14-35(5,6)18-26-29(31(38)37-24(20-42-33(37)40)15-22-12-10-9-11-13-22)25(19-36(26)32(39)45-34(2,3)4)23-16-27(41-7)30-28(17-23)43-21-44-30/h8-14,16-17,24-26,29H,15,18-21H2,1-7H3/b14-8+/t24-,25-,26+,29-/m0/s1. The summed E-state index contributed by atoms with van der Waals surface area (Å²) in [6, 6.07) is 12.3. The maximum absolute atomic E-state index is 14.9. The van der Waals surface area contributed by atoms with E-state index in [4.69, 9.17) is 23.7 Å². The van der Waals surface area contributed by atoms with Gasteiger partial charge in [-0.2, -0.15) is 0 Å². The molecule has 0 saturated carbocycles. The molecule has 0 aliphatic carbocycles. The van der Waals surface area contributed by atoms with Crippen LogP contribution in [0, 0.1) is 11.3 Å². The normalized spacial score (nSPS) is 23.0. The van der Waals surface area contributed by atoms with Crippen LogP contribution in [-0.4, -0.2) is 72.6 Å². The molecule has 0 unspecified atom stereocenters. The van der Waals surface area contributed by atoms with Crippen molar-refractivity contribution in [2.75, 3.05) is 27.1 Å². The molecule has 3 amide bonds. The van der Waals surface area contributed by atoms with Gasteiger partial charge >= 0.3 is 12.2 Å². The molecule has 10 nitrogen and oxygen atoms in total. The van der Waals surface area contributed by atoms with Crippen molar-refractivity contribution in [2.45, 2.75) is 78.0 Å². The van der Waals surface area contributed by atoms with Crippen LogP contribution in [0.3, 0.4) is 0 Å². The predicted octanol–water partition coefficient (Wildman–Crippen LogP) is 6.33. The van der Waals surface area contributed by atoms with Crippen LogP contribution in [-0.2, 0) is 20.7 Å². The molecular formula is C35H44N2O8. The van der Waals surface area contributed by atoms with E-state index in [1.165, 1.54) is 4.90 Å². The minimum absolute atomic E-state index is 0.0488. The van der Waals surface area contributed by atoms with Crippen molar-refractivity contribution in [1.82, 2.24) is 9.80 Å². The first kappa shape index (κ1) is 32.2. The minimum Gasteiger partial charge on any atom is -0.493 e. The number of ether oxygens (including phenoxy) is 5. The van der Waals surface area contributed by atoms with E-state index >= 15 is 0 Å². The Bertz CT molecular complexity index is 1450. The Morgan fingerprint density at radius 3 is 2.44 bits per heavy atom. The van der Waals surface area contributed by atoms with Crippen molar-refractivity contribution < 1.29 is 38.1 Å². The van der Waals surface area contributed by atoms with Crippen LogP contribution in [0.4, 0.5) is 9.59 Å². The highest BCUT2D eigenvalue weighted by Crippen LogP contribution is 2.49. The largest absolute Gasteiger partial charge is 0.493 e. The SMILES string of the molecule is C/C=C/C(C)(C)C[C@@H]1[C@@H](C(=O)N2C(=O)OC[C@@H]2Cc2ccccc2)[C@H](c2cc(OC)c3c(c2)OCO3)CN1C(=O)OC(C)(C)C. The molecule has 0 bridgehead atoms. The molecule has 2 saturated heterocycles. The summed E-state index contributed by atoms with van der Waals surface area (Å²) in [4.78, 5) is 44.9. The third-order valence-corrected chi connectivity index (χ3v) is 8.53. The third-order valence-electron chi connectivity index (χ3n) is 8.53. The lowest BCUT2D eigenvalue weighted by atomic mass is 9.76. The molecule has 10 heteroatoms. The van der Waals surface area contributed by atoms with Crippen molar-refractivity contribution in [1.29, 1.82) is 0 Å². The zero-order valence-corrected chi connectivity index (χ0v) is 27.2. The van der Waals surface area contributed by atoms with E-state index in [0.717, 1.165) is 11.1 Å². The number of cyclic esters (lactones) is 1. The molecule has 45 heavy (non-hydrogen) atoms. The molecule has 5 rings (SSSR count). The van der Waals surface area contributed by atoms with Crippen molar-refractivity contribution >= 4 is 18.1 Å². The Kier molecular flexibility index (Phi) is 9.05. The smallest absolute Gasteiger partial charge is 0.416 e. The summed E-state index contributed by atoms with van der Waals surface area (Å²) in [6.45, 7) is 11.9. The Morgan fingerprint density at radius 1 is 1.04 bits per heavy atom. The summed E-state index contributed by atoms with van der Waals surface area (Å²) in [5, 5.41) is 0. The number of hydrogen-bond donors (Lipinski definition) is 0. The number of allylic oxidation sites excluding steroid dienone is 2. The molecule has 0 aromatic heterocycles. The van der Waals surface area contributed by atoms with Gasteiger partial charge in [-0.15, -0.1) is 0 Å². The van der Waals surface area contributed by atoms with Gasteiger partial charge in [0.15, 0.2) is 11.5 Å². The Hall–Kier alpha value is -4.21. The number of fused-ring (bicyclic) bond motifs is 1. The van der Waals surface area contributed by atoms with Gasteiger partial charge in [-0.1, -0.05) is 56.3 Å². The fourth-order valence-electron chi connectivity index (χ4n) is 6.69. The maximum Gasteiger partial charge on any atom is 0.416 e. The predicted molar refractivity (Wildman–Crippen MR) is 167 cm³/mol. The number of likely N-dealkylation sites (tertiary alicyclic amines) is 1. The van der Waals surface area contributed by atoms with Crippen LogP contribution in [0.25, 0.3) is 0 Å². The Labute approximate surface area is 265 Å². The number of imide groups is 1. The lowest BCUT2D eigenvalue weighted by Crippen LogP contribution is -2.50. The summed E-state index contributed by atoms with van der Waals surface area (Å²) < 4.78 is 28.4.